The Kier molecular flexibility index (Phi) is 4.04. The monoisotopic (exact) mass is 274 g/mol. The van der Waals surface area contributed by atoms with Gasteiger partial charge >= 0.3 is 0 Å². The fraction of sp³-hybridized carbons (Fsp3) is 0.545. The van der Waals surface area contributed by atoms with Crippen molar-refractivity contribution < 1.29 is 9.90 Å². The first-order valence-corrected chi connectivity index (χ1v) is 6.73. The number of aliphatic hydroxyl groups is 1. The summed E-state index contributed by atoms with van der Waals surface area (Å²) in [6, 6.07) is 3.39. The maximum absolute atomic E-state index is 11.9. The Morgan fingerprint density at radius 3 is 3.00 bits per heavy atom. The number of hydrogen-bond acceptors (Lipinski definition) is 4. The molecule has 0 aromatic carbocycles. The minimum atomic E-state index is -0.419. The number of rotatable bonds is 3. The van der Waals surface area contributed by atoms with Gasteiger partial charge in [0.15, 0.2) is 0 Å². The highest BCUT2D eigenvalue weighted by molar-refractivity contribution is 7.16. The maximum Gasteiger partial charge on any atom is 0.237 e. The van der Waals surface area contributed by atoms with E-state index in [0.717, 1.165) is 9.21 Å². The van der Waals surface area contributed by atoms with E-state index in [1.165, 1.54) is 11.3 Å². The number of amides is 1. The number of carbonyl (C=O) groups is 1. The number of nitrogens with one attached hydrogen (secondary N) is 2. The molecule has 94 valence electrons. The Bertz CT molecular complexity index is 410. The third kappa shape index (κ3) is 3.19. The Morgan fingerprint density at radius 2 is 2.47 bits per heavy atom. The first kappa shape index (κ1) is 12.8. The molecule has 4 nitrogen and oxygen atoms in total. The molecule has 1 fully saturated rings. The smallest absolute Gasteiger partial charge is 0.237 e. The summed E-state index contributed by atoms with van der Waals surface area (Å²) in [6.07, 6.45) is 0.0567. The highest BCUT2D eigenvalue weighted by Crippen LogP contribution is 2.26. The van der Waals surface area contributed by atoms with Gasteiger partial charge in [0.1, 0.15) is 0 Å². The van der Waals surface area contributed by atoms with Crippen LogP contribution in [0.1, 0.15) is 24.3 Å². The zero-order chi connectivity index (χ0) is 12.4. The van der Waals surface area contributed by atoms with Crippen LogP contribution in [-0.2, 0) is 4.79 Å². The molecular weight excluding hydrogens is 260 g/mol. The SMILES string of the molecule is C[C@H](NC(=O)[C@H]1C[C@@H](O)CN1)c1ccc(Cl)s1. The van der Waals surface area contributed by atoms with Gasteiger partial charge < -0.3 is 15.7 Å². The number of thiophene rings is 1. The Morgan fingerprint density at radius 1 is 1.71 bits per heavy atom. The summed E-state index contributed by atoms with van der Waals surface area (Å²) >= 11 is 7.31. The molecule has 3 atom stereocenters. The Labute approximate surface area is 109 Å². The molecule has 1 aliphatic heterocycles. The second-order valence-electron chi connectivity index (χ2n) is 4.22. The molecule has 17 heavy (non-hydrogen) atoms. The molecule has 6 heteroatoms. The van der Waals surface area contributed by atoms with E-state index in [1.807, 2.05) is 19.1 Å². The summed E-state index contributed by atoms with van der Waals surface area (Å²) in [7, 11) is 0. The topological polar surface area (TPSA) is 61.4 Å². The summed E-state index contributed by atoms with van der Waals surface area (Å²) in [5, 5.41) is 15.2. The number of hydrogen-bond donors (Lipinski definition) is 3. The van der Waals surface area contributed by atoms with Crippen molar-refractivity contribution in [2.75, 3.05) is 6.54 Å². The first-order chi connectivity index (χ1) is 8.06. The predicted octanol–water partition coefficient (Wildman–Crippen LogP) is 1.30. The Balaban J connectivity index is 1.90. The lowest BCUT2D eigenvalue weighted by molar-refractivity contribution is -0.123. The van der Waals surface area contributed by atoms with Crippen LogP contribution < -0.4 is 10.6 Å². The number of β-amino-alcohol motifs (C(OH)–C–C–N with tert-alkyl or cyclic N) is 1. The van der Waals surface area contributed by atoms with Crippen LogP contribution in [0.5, 0.6) is 0 Å². The largest absolute Gasteiger partial charge is 0.392 e. The van der Waals surface area contributed by atoms with E-state index in [9.17, 15) is 9.90 Å². The van der Waals surface area contributed by atoms with E-state index in [4.69, 9.17) is 11.6 Å². The van der Waals surface area contributed by atoms with Gasteiger partial charge in [0, 0.05) is 11.4 Å². The van der Waals surface area contributed by atoms with Crippen LogP contribution in [0.25, 0.3) is 0 Å². The van der Waals surface area contributed by atoms with Crippen molar-refractivity contribution in [2.24, 2.45) is 0 Å². The highest BCUT2D eigenvalue weighted by atomic mass is 35.5. The lowest BCUT2D eigenvalue weighted by atomic mass is 10.1. The molecule has 1 aromatic heterocycles. The van der Waals surface area contributed by atoms with Gasteiger partial charge in [0.2, 0.25) is 5.91 Å². The zero-order valence-corrected chi connectivity index (χ0v) is 11.0. The van der Waals surface area contributed by atoms with Crippen molar-refractivity contribution in [3.05, 3.63) is 21.3 Å². The molecule has 0 aliphatic carbocycles. The van der Waals surface area contributed by atoms with E-state index < -0.39 is 6.10 Å². The molecule has 0 saturated carbocycles. The molecule has 1 aromatic rings. The van der Waals surface area contributed by atoms with E-state index in [0.29, 0.717) is 13.0 Å². The van der Waals surface area contributed by atoms with Crippen LogP contribution in [0.2, 0.25) is 4.34 Å². The molecule has 0 radical (unpaired) electrons. The van der Waals surface area contributed by atoms with Gasteiger partial charge in [-0.3, -0.25) is 4.79 Å². The quantitative estimate of drug-likeness (QED) is 0.779. The lowest BCUT2D eigenvalue weighted by Crippen LogP contribution is -2.41. The molecule has 1 amide bonds. The van der Waals surface area contributed by atoms with Crippen molar-refractivity contribution in [2.45, 2.75) is 31.5 Å². The van der Waals surface area contributed by atoms with Gasteiger partial charge in [-0.2, -0.15) is 0 Å². The van der Waals surface area contributed by atoms with E-state index in [1.54, 1.807) is 0 Å². The molecule has 0 bridgehead atoms. The van der Waals surface area contributed by atoms with Crippen molar-refractivity contribution >= 4 is 28.8 Å². The fourth-order valence-electron chi connectivity index (χ4n) is 1.86. The third-order valence-electron chi connectivity index (χ3n) is 2.80. The minimum absolute atomic E-state index is 0.0560. The standard InChI is InChI=1S/C11H15ClN2O2S/c1-6(9-2-3-10(12)17-9)14-11(16)8-4-7(15)5-13-8/h2-3,6-8,13,15H,4-5H2,1H3,(H,14,16)/t6-,7+,8+/m0/s1. The second kappa shape index (κ2) is 5.35. The lowest BCUT2D eigenvalue weighted by Gasteiger charge is -2.16. The van der Waals surface area contributed by atoms with Crippen molar-refractivity contribution in [1.29, 1.82) is 0 Å². The number of halogens is 1. The van der Waals surface area contributed by atoms with Crippen molar-refractivity contribution in [3.8, 4) is 0 Å². The summed E-state index contributed by atoms with van der Waals surface area (Å²) in [6.45, 7) is 2.41. The molecule has 2 rings (SSSR count). The minimum Gasteiger partial charge on any atom is -0.392 e. The summed E-state index contributed by atoms with van der Waals surface area (Å²) in [5.41, 5.74) is 0. The van der Waals surface area contributed by atoms with Crippen LogP contribution in [-0.4, -0.2) is 29.7 Å². The average Bonchev–Trinajstić information content (AvgIpc) is 2.87. The summed E-state index contributed by atoms with van der Waals surface area (Å²) in [5.74, 6) is -0.0708. The molecule has 1 saturated heterocycles. The van der Waals surface area contributed by atoms with Gasteiger partial charge in [0.25, 0.3) is 0 Å². The molecule has 0 unspecified atom stereocenters. The van der Waals surface area contributed by atoms with Crippen LogP contribution in [0.3, 0.4) is 0 Å². The van der Waals surface area contributed by atoms with E-state index in [-0.39, 0.29) is 18.0 Å². The van der Waals surface area contributed by atoms with Crippen LogP contribution in [0.4, 0.5) is 0 Å². The molecule has 2 heterocycles. The van der Waals surface area contributed by atoms with Crippen molar-refractivity contribution in [1.82, 2.24) is 10.6 Å². The van der Waals surface area contributed by atoms with Gasteiger partial charge in [-0.05, 0) is 25.5 Å². The van der Waals surface area contributed by atoms with Crippen LogP contribution >= 0.6 is 22.9 Å². The van der Waals surface area contributed by atoms with E-state index in [2.05, 4.69) is 10.6 Å². The van der Waals surface area contributed by atoms with Gasteiger partial charge in [-0.15, -0.1) is 11.3 Å². The Hall–Kier alpha value is -0.620. The van der Waals surface area contributed by atoms with Gasteiger partial charge in [0.05, 0.1) is 22.5 Å². The number of carbonyl (C=O) groups excluding carboxylic acids is 1. The van der Waals surface area contributed by atoms with Gasteiger partial charge in [-0.25, -0.2) is 0 Å². The summed E-state index contributed by atoms with van der Waals surface area (Å²) in [4.78, 5) is 12.9. The second-order valence-corrected chi connectivity index (χ2v) is 5.97. The normalized spacial score (nSPS) is 25.8. The van der Waals surface area contributed by atoms with Crippen LogP contribution in [0, 0.1) is 0 Å². The maximum atomic E-state index is 11.9. The van der Waals surface area contributed by atoms with Gasteiger partial charge in [-0.1, -0.05) is 11.6 Å². The summed E-state index contributed by atoms with van der Waals surface area (Å²) < 4.78 is 0.718. The van der Waals surface area contributed by atoms with Crippen molar-refractivity contribution in [3.63, 3.8) is 0 Å². The molecule has 3 N–H and O–H groups in total. The predicted molar refractivity (Wildman–Crippen MR) is 68.3 cm³/mol. The number of aliphatic hydroxyl groups excluding tert-OH is 1. The molecule has 0 spiro atoms. The van der Waals surface area contributed by atoms with Crippen LogP contribution in [0.15, 0.2) is 12.1 Å². The highest BCUT2D eigenvalue weighted by Gasteiger charge is 2.28. The zero-order valence-electron chi connectivity index (χ0n) is 9.44. The fourth-order valence-corrected chi connectivity index (χ4v) is 2.93. The first-order valence-electron chi connectivity index (χ1n) is 5.53. The third-order valence-corrected chi connectivity index (χ3v) is 4.22. The molecular formula is C11H15ClN2O2S. The van der Waals surface area contributed by atoms with E-state index >= 15 is 0 Å². The average molecular weight is 275 g/mol. The molecule has 1 aliphatic rings.